The van der Waals surface area contributed by atoms with Crippen molar-refractivity contribution in [3.05, 3.63) is 60.7 Å². The van der Waals surface area contributed by atoms with Crippen molar-refractivity contribution in [1.82, 2.24) is 0 Å². The molecule has 3 aromatic rings. The average molecular weight is 250 g/mol. The summed E-state index contributed by atoms with van der Waals surface area (Å²) in [5.74, 6) is 0.650. The molecule has 0 fully saturated rings. The molecule has 0 unspecified atom stereocenters. The van der Waals surface area contributed by atoms with E-state index in [1.807, 2.05) is 24.3 Å². The van der Waals surface area contributed by atoms with E-state index < -0.39 is 0 Å². The van der Waals surface area contributed by atoms with Crippen LogP contribution in [0.3, 0.4) is 0 Å². The minimum absolute atomic E-state index is 0.160. The molecule has 0 radical (unpaired) electrons. The largest absolute Gasteiger partial charge is 0.504 e. The molecule has 0 saturated carbocycles. The first-order chi connectivity index (χ1) is 9.29. The Hall–Kier alpha value is -2.48. The first-order valence-electron chi connectivity index (χ1n) is 6.15. The highest BCUT2D eigenvalue weighted by molar-refractivity contribution is 5.96. The Morgan fingerprint density at radius 3 is 2.47 bits per heavy atom. The summed E-state index contributed by atoms with van der Waals surface area (Å²) in [6.45, 7) is 0. The van der Waals surface area contributed by atoms with E-state index in [9.17, 15) is 5.11 Å². The normalized spacial score (nSPS) is 10.6. The van der Waals surface area contributed by atoms with Crippen molar-refractivity contribution >= 4 is 10.8 Å². The quantitative estimate of drug-likeness (QED) is 0.737. The van der Waals surface area contributed by atoms with Crippen LogP contribution in [0.2, 0.25) is 0 Å². The zero-order valence-electron chi connectivity index (χ0n) is 10.6. The topological polar surface area (TPSA) is 29.5 Å². The van der Waals surface area contributed by atoms with Gasteiger partial charge in [0.05, 0.1) is 7.11 Å². The van der Waals surface area contributed by atoms with Crippen LogP contribution < -0.4 is 4.74 Å². The second-order valence-electron chi connectivity index (χ2n) is 4.41. The summed E-state index contributed by atoms with van der Waals surface area (Å²) >= 11 is 0. The molecule has 19 heavy (non-hydrogen) atoms. The van der Waals surface area contributed by atoms with Crippen LogP contribution in [-0.4, -0.2) is 12.2 Å². The highest BCUT2D eigenvalue weighted by Gasteiger charge is 2.07. The predicted octanol–water partition coefficient (Wildman–Crippen LogP) is 4.22. The molecular weight excluding hydrogens is 236 g/mol. The number of phenols is 1. The SMILES string of the molecule is COc1ccc(-c2cccc3ccccc23)cc1O. The van der Waals surface area contributed by atoms with Gasteiger partial charge in [0.25, 0.3) is 0 Å². The van der Waals surface area contributed by atoms with E-state index in [2.05, 4.69) is 24.3 Å². The van der Waals surface area contributed by atoms with Crippen molar-refractivity contribution < 1.29 is 9.84 Å². The van der Waals surface area contributed by atoms with Crippen LogP contribution >= 0.6 is 0 Å². The maximum atomic E-state index is 9.90. The molecule has 1 N–H and O–H groups in total. The van der Waals surface area contributed by atoms with Gasteiger partial charge in [-0.3, -0.25) is 0 Å². The fourth-order valence-corrected chi connectivity index (χ4v) is 2.33. The van der Waals surface area contributed by atoms with E-state index >= 15 is 0 Å². The van der Waals surface area contributed by atoms with Gasteiger partial charge in [0.15, 0.2) is 11.5 Å². The fraction of sp³-hybridized carbons (Fsp3) is 0.0588. The van der Waals surface area contributed by atoms with Gasteiger partial charge in [-0.15, -0.1) is 0 Å². The van der Waals surface area contributed by atoms with E-state index in [1.165, 1.54) is 10.8 Å². The third kappa shape index (κ3) is 2.02. The molecule has 0 aliphatic carbocycles. The van der Waals surface area contributed by atoms with Crippen LogP contribution in [-0.2, 0) is 0 Å². The second-order valence-corrected chi connectivity index (χ2v) is 4.41. The van der Waals surface area contributed by atoms with Crippen LogP contribution in [0.25, 0.3) is 21.9 Å². The van der Waals surface area contributed by atoms with Crippen LogP contribution in [0.1, 0.15) is 0 Å². The van der Waals surface area contributed by atoms with Gasteiger partial charge in [0.2, 0.25) is 0 Å². The Balaban J connectivity index is 2.22. The lowest BCUT2D eigenvalue weighted by atomic mass is 9.98. The maximum Gasteiger partial charge on any atom is 0.160 e. The average Bonchev–Trinajstić information content (AvgIpc) is 2.46. The van der Waals surface area contributed by atoms with Crippen molar-refractivity contribution in [1.29, 1.82) is 0 Å². The second kappa shape index (κ2) is 4.65. The fourth-order valence-electron chi connectivity index (χ4n) is 2.33. The number of ether oxygens (including phenoxy) is 1. The van der Waals surface area contributed by atoms with Crippen molar-refractivity contribution in [2.24, 2.45) is 0 Å². The molecule has 0 amide bonds. The van der Waals surface area contributed by atoms with Crippen LogP contribution in [0.4, 0.5) is 0 Å². The minimum Gasteiger partial charge on any atom is -0.504 e. The van der Waals surface area contributed by atoms with Gasteiger partial charge in [0.1, 0.15) is 0 Å². The summed E-state index contributed by atoms with van der Waals surface area (Å²) in [7, 11) is 1.55. The molecule has 0 heterocycles. The number of fused-ring (bicyclic) bond motifs is 1. The zero-order chi connectivity index (χ0) is 13.2. The van der Waals surface area contributed by atoms with Gasteiger partial charge in [-0.25, -0.2) is 0 Å². The van der Waals surface area contributed by atoms with Crippen molar-refractivity contribution in [2.75, 3.05) is 7.11 Å². The molecule has 0 spiro atoms. The van der Waals surface area contributed by atoms with Gasteiger partial charge >= 0.3 is 0 Å². The Labute approximate surface area is 111 Å². The molecule has 2 nitrogen and oxygen atoms in total. The number of hydrogen-bond acceptors (Lipinski definition) is 2. The maximum absolute atomic E-state index is 9.90. The molecule has 3 aromatic carbocycles. The van der Waals surface area contributed by atoms with Gasteiger partial charge in [-0.05, 0) is 34.0 Å². The van der Waals surface area contributed by atoms with E-state index in [-0.39, 0.29) is 5.75 Å². The Morgan fingerprint density at radius 2 is 1.68 bits per heavy atom. The van der Waals surface area contributed by atoms with E-state index in [1.54, 1.807) is 19.2 Å². The van der Waals surface area contributed by atoms with Gasteiger partial charge < -0.3 is 9.84 Å². The molecule has 0 aliphatic rings. The summed E-state index contributed by atoms with van der Waals surface area (Å²) in [5.41, 5.74) is 2.09. The van der Waals surface area contributed by atoms with Crippen LogP contribution in [0.15, 0.2) is 60.7 Å². The number of benzene rings is 3. The van der Waals surface area contributed by atoms with E-state index in [0.29, 0.717) is 5.75 Å². The molecule has 0 aromatic heterocycles. The number of aromatic hydroxyl groups is 1. The van der Waals surface area contributed by atoms with Crippen LogP contribution in [0.5, 0.6) is 11.5 Å². The smallest absolute Gasteiger partial charge is 0.160 e. The first kappa shape index (κ1) is 11.6. The number of methoxy groups -OCH3 is 1. The highest BCUT2D eigenvalue weighted by atomic mass is 16.5. The molecule has 0 aliphatic heterocycles. The predicted molar refractivity (Wildman–Crippen MR) is 77.6 cm³/mol. The van der Waals surface area contributed by atoms with Crippen LogP contribution in [0, 0.1) is 0 Å². The molecular formula is C17H14O2. The molecule has 2 heteroatoms. The molecule has 94 valence electrons. The summed E-state index contributed by atoms with van der Waals surface area (Å²) < 4.78 is 5.07. The minimum atomic E-state index is 0.160. The Kier molecular flexibility index (Phi) is 2.84. The van der Waals surface area contributed by atoms with E-state index in [0.717, 1.165) is 11.1 Å². The molecule has 3 rings (SSSR count). The standard InChI is InChI=1S/C17H14O2/c1-19-17-10-9-13(11-16(17)18)15-8-4-6-12-5-2-3-7-14(12)15/h2-11,18H,1H3. The number of rotatable bonds is 2. The lowest BCUT2D eigenvalue weighted by Crippen LogP contribution is -1.85. The molecule has 0 atom stereocenters. The van der Waals surface area contributed by atoms with Crippen molar-refractivity contribution in [3.63, 3.8) is 0 Å². The number of phenolic OH excluding ortho intramolecular Hbond substituents is 1. The lowest BCUT2D eigenvalue weighted by molar-refractivity contribution is 0.373. The molecule has 0 saturated heterocycles. The Morgan fingerprint density at radius 1 is 0.895 bits per heavy atom. The van der Waals surface area contributed by atoms with E-state index in [4.69, 9.17) is 4.74 Å². The van der Waals surface area contributed by atoms with Gasteiger partial charge in [-0.1, -0.05) is 48.5 Å². The lowest BCUT2D eigenvalue weighted by Gasteiger charge is -2.09. The summed E-state index contributed by atoms with van der Waals surface area (Å²) in [6.07, 6.45) is 0. The zero-order valence-corrected chi connectivity index (χ0v) is 10.6. The summed E-state index contributed by atoms with van der Waals surface area (Å²) in [5, 5.41) is 12.3. The highest BCUT2D eigenvalue weighted by Crippen LogP contribution is 2.34. The Bertz CT molecular complexity index is 727. The molecule has 0 bridgehead atoms. The third-order valence-electron chi connectivity index (χ3n) is 3.28. The van der Waals surface area contributed by atoms with Gasteiger partial charge in [0, 0.05) is 0 Å². The first-order valence-corrected chi connectivity index (χ1v) is 6.15. The monoisotopic (exact) mass is 250 g/mol. The van der Waals surface area contributed by atoms with Gasteiger partial charge in [-0.2, -0.15) is 0 Å². The van der Waals surface area contributed by atoms with Crippen molar-refractivity contribution in [3.8, 4) is 22.6 Å². The number of hydrogen-bond donors (Lipinski definition) is 1. The summed E-state index contributed by atoms with van der Waals surface area (Å²) in [4.78, 5) is 0. The van der Waals surface area contributed by atoms with Crippen molar-refractivity contribution in [2.45, 2.75) is 0 Å². The summed E-state index contributed by atoms with van der Waals surface area (Å²) in [6, 6.07) is 19.9. The third-order valence-corrected chi connectivity index (χ3v) is 3.28.